The Hall–Kier alpha value is -5.61. The van der Waals surface area contributed by atoms with E-state index in [1.54, 1.807) is 0 Å². The van der Waals surface area contributed by atoms with Gasteiger partial charge in [0.1, 0.15) is 11.2 Å². The lowest BCUT2D eigenvalue weighted by atomic mass is 9.79. The summed E-state index contributed by atoms with van der Waals surface area (Å²) >= 11 is 0. The molecule has 6 aromatic carbocycles. The predicted molar refractivity (Wildman–Crippen MR) is 178 cm³/mol. The highest BCUT2D eigenvalue weighted by atomic mass is 16.3. The van der Waals surface area contributed by atoms with Crippen molar-refractivity contribution in [2.75, 3.05) is 0 Å². The molecule has 0 saturated heterocycles. The number of fused-ring (bicyclic) bond motifs is 10. The monoisotopic (exact) mass is 565 g/mol. The summed E-state index contributed by atoms with van der Waals surface area (Å²) in [6.45, 7) is 4.66. The first-order valence-corrected chi connectivity index (χ1v) is 15.0. The van der Waals surface area contributed by atoms with Crippen LogP contribution >= 0.6 is 0 Å². The first-order chi connectivity index (χ1) is 21.6. The number of benzene rings is 6. The molecule has 0 bridgehead atoms. The minimum absolute atomic E-state index is 0.235. The Morgan fingerprint density at radius 1 is 0.523 bits per heavy atom. The van der Waals surface area contributed by atoms with Crippen molar-refractivity contribution in [2.24, 2.45) is 0 Å². The summed E-state index contributed by atoms with van der Waals surface area (Å²) in [6.07, 6.45) is 0. The van der Waals surface area contributed by atoms with E-state index in [9.17, 15) is 0 Å². The highest BCUT2D eigenvalue weighted by Crippen LogP contribution is 2.56. The maximum absolute atomic E-state index is 6.56. The second-order valence-corrected chi connectivity index (χ2v) is 12.0. The summed E-state index contributed by atoms with van der Waals surface area (Å²) in [4.78, 5) is 14.9. The van der Waals surface area contributed by atoms with Gasteiger partial charge in [-0.15, -0.1) is 0 Å². The zero-order chi connectivity index (χ0) is 29.4. The molecule has 4 nitrogen and oxygen atoms in total. The van der Waals surface area contributed by atoms with E-state index in [0.29, 0.717) is 17.5 Å². The van der Waals surface area contributed by atoms with Gasteiger partial charge in [-0.3, -0.25) is 0 Å². The molecule has 0 unspecified atom stereocenters. The van der Waals surface area contributed by atoms with Crippen LogP contribution in [-0.2, 0) is 5.41 Å². The van der Waals surface area contributed by atoms with Crippen molar-refractivity contribution in [1.29, 1.82) is 0 Å². The van der Waals surface area contributed by atoms with Gasteiger partial charge >= 0.3 is 0 Å². The van der Waals surface area contributed by atoms with Crippen LogP contribution in [0.15, 0.2) is 132 Å². The molecule has 44 heavy (non-hydrogen) atoms. The quantitative estimate of drug-likeness (QED) is 0.214. The van der Waals surface area contributed by atoms with Crippen LogP contribution in [0.2, 0.25) is 0 Å². The molecule has 9 rings (SSSR count). The minimum Gasteiger partial charge on any atom is -0.455 e. The lowest BCUT2D eigenvalue weighted by Crippen LogP contribution is -2.15. The van der Waals surface area contributed by atoms with E-state index in [2.05, 4.69) is 74.5 Å². The Labute approximate surface area is 254 Å². The van der Waals surface area contributed by atoms with Crippen molar-refractivity contribution in [2.45, 2.75) is 19.3 Å². The third-order valence-electron chi connectivity index (χ3n) is 9.08. The number of aromatic nitrogens is 3. The number of hydrogen-bond donors (Lipinski definition) is 0. The summed E-state index contributed by atoms with van der Waals surface area (Å²) < 4.78 is 6.56. The summed E-state index contributed by atoms with van der Waals surface area (Å²) in [5, 5.41) is 4.69. The zero-order valence-corrected chi connectivity index (χ0v) is 24.4. The summed E-state index contributed by atoms with van der Waals surface area (Å²) in [5.41, 5.74) is 9.61. The van der Waals surface area contributed by atoms with Gasteiger partial charge in [0, 0.05) is 38.3 Å². The van der Waals surface area contributed by atoms with Crippen LogP contribution in [-0.4, -0.2) is 15.0 Å². The van der Waals surface area contributed by atoms with Gasteiger partial charge in [-0.2, -0.15) is 0 Å². The molecule has 4 heteroatoms. The fourth-order valence-corrected chi connectivity index (χ4v) is 7.05. The standard InChI is InChI=1S/C40H27N3O/c1-40(2)31-22-21-26(39-42-37(24-13-5-3-6-14-24)41-38(43-39)25-15-7-4-8-16-25)23-30(31)33-27-17-9-10-18-28(27)36-34(35(33)40)29-19-11-12-20-32(29)44-36/h3-23H,1-2H3. The summed E-state index contributed by atoms with van der Waals surface area (Å²) in [5.74, 6) is 1.98. The van der Waals surface area contributed by atoms with Crippen LogP contribution in [0.1, 0.15) is 25.0 Å². The normalized spacial score (nSPS) is 13.4. The molecule has 2 aromatic heterocycles. The number of rotatable bonds is 3. The van der Waals surface area contributed by atoms with Gasteiger partial charge in [0.2, 0.25) is 0 Å². The van der Waals surface area contributed by atoms with Gasteiger partial charge in [0.15, 0.2) is 17.5 Å². The molecule has 0 N–H and O–H groups in total. The fraction of sp³-hybridized carbons (Fsp3) is 0.0750. The Kier molecular flexibility index (Phi) is 5.21. The van der Waals surface area contributed by atoms with E-state index in [4.69, 9.17) is 19.4 Å². The maximum atomic E-state index is 6.56. The summed E-state index contributed by atoms with van der Waals surface area (Å²) in [7, 11) is 0. The molecular formula is C40H27N3O. The molecule has 0 aliphatic heterocycles. The third-order valence-corrected chi connectivity index (χ3v) is 9.08. The van der Waals surface area contributed by atoms with Gasteiger partial charge < -0.3 is 4.42 Å². The number of para-hydroxylation sites is 1. The first kappa shape index (κ1) is 24.9. The smallest absolute Gasteiger partial charge is 0.164 e. The zero-order valence-electron chi connectivity index (χ0n) is 24.4. The van der Waals surface area contributed by atoms with Crippen molar-refractivity contribution in [3.05, 3.63) is 139 Å². The molecular weight excluding hydrogens is 538 g/mol. The van der Waals surface area contributed by atoms with Crippen LogP contribution in [0, 0.1) is 0 Å². The lowest BCUT2D eigenvalue weighted by Gasteiger charge is -2.23. The summed E-state index contributed by atoms with van der Waals surface area (Å²) in [6, 6.07) is 44.0. The second-order valence-electron chi connectivity index (χ2n) is 12.0. The molecule has 0 atom stereocenters. The predicted octanol–water partition coefficient (Wildman–Crippen LogP) is 10.2. The minimum atomic E-state index is -0.235. The molecule has 1 aliphatic rings. The van der Waals surface area contributed by atoms with Crippen LogP contribution in [0.4, 0.5) is 0 Å². The van der Waals surface area contributed by atoms with Gasteiger partial charge in [0.05, 0.1) is 0 Å². The van der Waals surface area contributed by atoms with E-state index in [-0.39, 0.29) is 5.41 Å². The molecule has 1 aliphatic carbocycles. The number of nitrogens with zero attached hydrogens (tertiary/aromatic N) is 3. The molecule has 0 radical (unpaired) electrons. The van der Waals surface area contributed by atoms with Crippen LogP contribution < -0.4 is 0 Å². The Morgan fingerprint density at radius 3 is 1.73 bits per heavy atom. The van der Waals surface area contributed by atoms with Crippen LogP contribution in [0.5, 0.6) is 0 Å². The Balaban J connectivity index is 1.33. The van der Waals surface area contributed by atoms with E-state index in [1.807, 2.05) is 66.7 Å². The molecule has 208 valence electrons. The first-order valence-electron chi connectivity index (χ1n) is 15.0. The van der Waals surface area contributed by atoms with Crippen molar-refractivity contribution in [3.8, 4) is 45.3 Å². The largest absolute Gasteiger partial charge is 0.455 e. The lowest BCUT2D eigenvalue weighted by molar-refractivity contribution is 0.659. The van der Waals surface area contributed by atoms with E-state index >= 15 is 0 Å². The average molecular weight is 566 g/mol. The number of furan rings is 1. The highest BCUT2D eigenvalue weighted by molar-refractivity contribution is 6.23. The van der Waals surface area contributed by atoms with Crippen LogP contribution in [0.3, 0.4) is 0 Å². The Morgan fingerprint density at radius 2 is 1.07 bits per heavy atom. The molecule has 0 amide bonds. The van der Waals surface area contributed by atoms with Crippen molar-refractivity contribution >= 4 is 32.7 Å². The molecule has 0 saturated carbocycles. The second kappa shape index (κ2) is 9.19. The molecule has 0 spiro atoms. The van der Waals surface area contributed by atoms with E-state index in [0.717, 1.165) is 38.6 Å². The van der Waals surface area contributed by atoms with E-state index < -0.39 is 0 Å². The average Bonchev–Trinajstić information content (AvgIpc) is 3.58. The maximum Gasteiger partial charge on any atom is 0.164 e. The van der Waals surface area contributed by atoms with Gasteiger partial charge in [-0.1, -0.05) is 129 Å². The van der Waals surface area contributed by atoms with Gasteiger partial charge in [0.25, 0.3) is 0 Å². The van der Waals surface area contributed by atoms with E-state index in [1.165, 1.54) is 33.0 Å². The van der Waals surface area contributed by atoms with Crippen LogP contribution in [0.25, 0.3) is 78.0 Å². The van der Waals surface area contributed by atoms with Crippen molar-refractivity contribution in [3.63, 3.8) is 0 Å². The van der Waals surface area contributed by atoms with Gasteiger partial charge in [-0.05, 0) is 39.8 Å². The SMILES string of the molecule is CC1(C)c2ccc(-c3nc(-c4ccccc4)nc(-c4ccccc4)n3)cc2-c2c1c1c3ccccc3oc1c1ccccc21. The molecule has 0 fully saturated rings. The topological polar surface area (TPSA) is 51.8 Å². The molecule has 8 aromatic rings. The Bertz CT molecular complexity index is 2350. The fourth-order valence-electron chi connectivity index (χ4n) is 7.05. The van der Waals surface area contributed by atoms with Crippen molar-refractivity contribution < 1.29 is 4.42 Å². The van der Waals surface area contributed by atoms with Crippen molar-refractivity contribution in [1.82, 2.24) is 15.0 Å². The number of hydrogen-bond acceptors (Lipinski definition) is 4. The highest BCUT2D eigenvalue weighted by Gasteiger charge is 2.40. The van der Waals surface area contributed by atoms with Gasteiger partial charge in [-0.25, -0.2) is 15.0 Å². The molecule has 2 heterocycles. The third kappa shape index (κ3) is 3.54.